The third-order valence-corrected chi connectivity index (χ3v) is 3.95. The van der Waals surface area contributed by atoms with Crippen molar-refractivity contribution in [3.8, 4) is 11.6 Å². The number of carbonyl (C=O) groups excluding carboxylic acids is 1. The number of aryl methyl sites for hydroxylation is 1. The van der Waals surface area contributed by atoms with Gasteiger partial charge in [0.1, 0.15) is 17.1 Å². The van der Waals surface area contributed by atoms with Gasteiger partial charge in [-0.2, -0.15) is 0 Å². The summed E-state index contributed by atoms with van der Waals surface area (Å²) in [6.45, 7) is 1.78. The Morgan fingerprint density at radius 3 is 2.64 bits per heavy atom. The van der Waals surface area contributed by atoms with Crippen LogP contribution < -0.4 is 10.1 Å². The Morgan fingerprint density at radius 1 is 1.16 bits per heavy atom. The second-order valence-corrected chi connectivity index (χ2v) is 6.27. The van der Waals surface area contributed by atoms with Crippen LogP contribution in [0.3, 0.4) is 0 Å². The lowest BCUT2D eigenvalue weighted by molar-refractivity contribution is 0.102. The van der Waals surface area contributed by atoms with E-state index in [4.69, 9.17) is 4.74 Å². The van der Waals surface area contributed by atoms with Gasteiger partial charge in [0, 0.05) is 10.7 Å². The monoisotopic (exact) mass is 400 g/mol. The van der Waals surface area contributed by atoms with E-state index in [1.807, 2.05) is 12.1 Å². The molecule has 126 valence electrons. The van der Waals surface area contributed by atoms with E-state index in [1.54, 1.807) is 37.3 Å². The highest BCUT2D eigenvalue weighted by Gasteiger charge is 2.16. The molecule has 6 heteroatoms. The molecule has 25 heavy (non-hydrogen) atoms. The third-order valence-electron chi connectivity index (χ3n) is 3.42. The molecule has 1 heterocycles. The quantitative estimate of drug-likeness (QED) is 0.643. The van der Waals surface area contributed by atoms with Crippen molar-refractivity contribution in [2.45, 2.75) is 6.92 Å². The predicted octanol–water partition coefficient (Wildman–Crippen LogP) is 5.34. The van der Waals surface area contributed by atoms with Crippen LogP contribution in [-0.2, 0) is 0 Å². The number of anilines is 1. The van der Waals surface area contributed by atoms with E-state index in [9.17, 15) is 9.18 Å². The van der Waals surface area contributed by atoms with Gasteiger partial charge in [0.2, 0.25) is 5.88 Å². The van der Waals surface area contributed by atoms with E-state index < -0.39 is 11.7 Å². The number of aromatic nitrogens is 1. The molecule has 4 nitrogen and oxygen atoms in total. The molecular weight excluding hydrogens is 387 g/mol. The molecule has 0 aliphatic heterocycles. The lowest BCUT2D eigenvalue weighted by Crippen LogP contribution is -2.14. The molecule has 1 aromatic heterocycles. The Morgan fingerprint density at radius 2 is 1.92 bits per heavy atom. The van der Waals surface area contributed by atoms with Gasteiger partial charge in [-0.15, -0.1) is 0 Å². The fourth-order valence-electron chi connectivity index (χ4n) is 2.17. The average Bonchev–Trinajstić information content (AvgIpc) is 2.60. The van der Waals surface area contributed by atoms with Crippen LogP contribution in [0.1, 0.15) is 15.9 Å². The Balaban J connectivity index is 1.84. The van der Waals surface area contributed by atoms with Crippen molar-refractivity contribution in [1.29, 1.82) is 0 Å². The number of ether oxygens (including phenoxy) is 1. The highest BCUT2D eigenvalue weighted by Crippen LogP contribution is 2.25. The van der Waals surface area contributed by atoms with Crippen molar-refractivity contribution in [2.75, 3.05) is 5.32 Å². The first-order valence-electron chi connectivity index (χ1n) is 7.49. The maximum atomic E-state index is 13.9. The van der Waals surface area contributed by atoms with E-state index in [0.717, 1.165) is 10.0 Å². The molecule has 3 aromatic rings. The van der Waals surface area contributed by atoms with Crippen LogP contribution in [-0.4, -0.2) is 10.9 Å². The van der Waals surface area contributed by atoms with Crippen LogP contribution in [0.25, 0.3) is 0 Å². The van der Waals surface area contributed by atoms with Crippen LogP contribution in [0.4, 0.5) is 10.1 Å². The van der Waals surface area contributed by atoms with Crippen molar-refractivity contribution >= 4 is 27.5 Å². The number of carbonyl (C=O) groups is 1. The summed E-state index contributed by atoms with van der Waals surface area (Å²) in [5.74, 6) is -0.303. The van der Waals surface area contributed by atoms with Crippen LogP contribution >= 0.6 is 15.9 Å². The lowest BCUT2D eigenvalue weighted by atomic mass is 10.2. The molecule has 0 aliphatic carbocycles. The first-order valence-corrected chi connectivity index (χ1v) is 8.28. The van der Waals surface area contributed by atoms with E-state index in [0.29, 0.717) is 5.75 Å². The summed E-state index contributed by atoms with van der Waals surface area (Å²) in [4.78, 5) is 16.6. The number of nitrogens with zero attached hydrogens (tertiary/aromatic N) is 1. The summed E-state index contributed by atoms with van der Waals surface area (Å²) < 4.78 is 20.5. The Labute approximate surface area is 152 Å². The van der Waals surface area contributed by atoms with Crippen LogP contribution in [0.15, 0.2) is 65.3 Å². The highest BCUT2D eigenvalue weighted by molar-refractivity contribution is 9.10. The van der Waals surface area contributed by atoms with Gasteiger partial charge < -0.3 is 10.1 Å². The first-order chi connectivity index (χ1) is 12.0. The molecule has 0 unspecified atom stereocenters. The van der Waals surface area contributed by atoms with Crippen molar-refractivity contribution in [2.24, 2.45) is 0 Å². The van der Waals surface area contributed by atoms with Crippen LogP contribution in [0.5, 0.6) is 11.6 Å². The summed E-state index contributed by atoms with van der Waals surface area (Å²) in [7, 11) is 0. The molecule has 0 bridgehead atoms. The van der Waals surface area contributed by atoms with Gasteiger partial charge in [-0.1, -0.05) is 22.0 Å². The smallest absolute Gasteiger partial charge is 0.261 e. The number of amides is 1. The summed E-state index contributed by atoms with van der Waals surface area (Å²) in [5.41, 5.74) is 1.09. The standard InChI is InChI=1S/C19H14BrFN2O2/c1-12-4-9-17(16(21)11-12)23-18(24)15-3-2-10-22-19(15)25-14-7-5-13(20)6-8-14/h2-11H,1H3,(H,23,24). The molecule has 0 aliphatic rings. The van der Waals surface area contributed by atoms with Gasteiger partial charge in [0.05, 0.1) is 5.69 Å². The van der Waals surface area contributed by atoms with Gasteiger partial charge in [-0.05, 0) is 61.0 Å². The number of hydrogen-bond donors (Lipinski definition) is 1. The van der Waals surface area contributed by atoms with Gasteiger partial charge in [-0.3, -0.25) is 4.79 Å². The van der Waals surface area contributed by atoms with Crippen molar-refractivity contribution in [3.63, 3.8) is 0 Å². The molecule has 0 radical (unpaired) electrons. The Bertz CT molecular complexity index is 914. The topological polar surface area (TPSA) is 51.2 Å². The second kappa shape index (κ2) is 7.44. The van der Waals surface area contributed by atoms with E-state index >= 15 is 0 Å². The molecule has 3 rings (SSSR count). The van der Waals surface area contributed by atoms with Crippen LogP contribution in [0.2, 0.25) is 0 Å². The largest absolute Gasteiger partial charge is 0.438 e. The normalized spacial score (nSPS) is 10.4. The summed E-state index contributed by atoms with van der Waals surface area (Å²) in [6, 6.07) is 14.9. The number of nitrogens with one attached hydrogen (secondary N) is 1. The van der Waals surface area contributed by atoms with Gasteiger partial charge in [-0.25, -0.2) is 9.37 Å². The molecule has 2 aromatic carbocycles. The zero-order valence-electron chi connectivity index (χ0n) is 13.3. The predicted molar refractivity (Wildman–Crippen MR) is 97.5 cm³/mol. The fourth-order valence-corrected chi connectivity index (χ4v) is 2.43. The van der Waals surface area contributed by atoms with Gasteiger partial charge in [0.25, 0.3) is 5.91 Å². The molecule has 1 N–H and O–H groups in total. The fraction of sp³-hybridized carbons (Fsp3) is 0.0526. The zero-order valence-corrected chi connectivity index (χ0v) is 14.9. The minimum Gasteiger partial charge on any atom is -0.438 e. The maximum Gasteiger partial charge on any atom is 0.261 e. The van der Waals surface area contributed by atoms with E-state index in [-0.39, 0.29) is 17.1 Å². The van der Waals surface area contributed by atoms with Crippen molar-refractivity contribution in [3.05, 3.63) is 82.2 Å². The molecule has 0 spiro atoms. The molecule has 0 saturated carbocycles. The highest BCUT2D eigenvalue weighted by atomic mass is 79.9. The summed E-state index contributed by atoms with van der Waals surface area (Å²) in [6.07, 6.45) is 1.53. The van der Waals surface area contributed by atoms with Gasteiger partial charge in [0.15, 0.2) is 0 Å². The first kappa shape index (κ1) is 17.1. The van der Waals surface area contributed by atoms with Crippen molar-refractivity contribution in [1.82, 2.24) is 4.98 Å². The number of rotatable bonds is 4. The zero-order chi connectivity index (χ0) is 17.8. The molecule has 0 fully saturated rings. The molecule has 0 saturated heterocycles. The minimum absolute atomic E-state index is 0.106. The average molecular weight is 401 g/mol. The van der Waals surface area contributed by atoms with Gasteiger partial charge >= 0.3 is 0 Å². The van der Waals surface area contributed by atoms with E-state index in [1.165, 1.54) is 18.3 Å². The lowest BCUT2D eigenvalue weighted by Gasteiger charge is -2.11. The van der Waals surface area contributed by atoms with Crippen LogP contribution in [0, 0.1) is 12.7 Å². The number of halogens is 2. The summed E-state index contributed by atoms with van der Waals surface area (Å²) >= 11 is 3.35. The Kier molecular flexibility index (Phi) is 5.09. The van der Waals surface area contributed by atoms with E-state index in [2.05, 4.69) is 26.2 Å². The SMILES string of the molecule is Cc1ccc(NC(=O)c2cccnc2Oc2ccc(Br)cc2)c(F)c1. The number of pyridine rings is 1. The Hall–Kier alpha value is -2.73. The second-order valence-electron chi connectivity index (χ2n) is 5.35. The van der Waals surface area contributed by atoms with Crippen molar-refractivity contribution < 1.29 is 13.9 Å². The number of benzene rings is 2. The minimum atomic E-state index is -0.497. The third kappa shape index (κ3) is 4.22. The molecular formula is C19H14BrFN2O2. The molecule has 0 atom stereocenters. The number of hydrogen-bond acceptors (Lipinski definition) is 3. The summed E-state index contributed by atoms with van der Waals surface area (Å²) in [5, 5.41) is 2.55. The maximum absolute atomic E-state index is 13.9. The molecule has 1 amide bonds.